The van der Waals surface area contributed by atoms with Crippen LogP contribution < -0.4 is 5.32 Å². The maximum atomic E-state index is 13.4. The van der Waals surface area contributed by atoms with E-state index in [2.05, 4.69) is 24.4 Å². The van der Waals surface area contributed by atoms with Gasteiger partial charge in [-0.3, -0.25) is 0 Å². The number of nitrogens with one attached hydrogen (secondary N) is 1. The molecule has 2 aromatic rings. The Bertz CT molecular complexity index is 554. The standard InChI is InChI=1S/C17H19F2N/c1-3-20-17(12(2)13-7-5-4-6-8-13)14-9-10-15(18)16(19)11-14/h4-12,17,20H,3H2,1-2H3. The molecule has 1 nitrogen and oxygen atoms in total. The highest BCUT2D eigenvalue weighted by Gasteiger charge is 2.21. The third kappa shape index (κ3) is 3.23. The van der Waals surface area contributed by atoms with Crippen LogP contribution in [0.3, 0.4) is 0 Å². The summed E-state index contributed by atoms with van der Waals surface area (Å²) in [7, 11) is 0. The first kappa shape index (κ1) is 14.7. The smallest absolute Gasteiger partial charge is 0.159 e. The minimum Gasteiger partial charge on any atom is -0.310 e. The first-order valence-electron chi connectivity index (χ1n) is 6.86. The van der Waals surface area contributed by atoms with E-state index in [1.54, 1.807) is 6.07 Å². The van der Waals surface area contributed by atoms with E-state index in [-0.39, 0.29) is 12.0 Å². The Kier molecular flexibility index (Phi) is 4.85. The van der Waals surface area contributed by atoms with Crippen LogP contribution in [0.15, 0.2) is 48.5 Å². The van der Waals surface area contributed by atoms with Crippen molar-refractivity contribution in [2.24, 2.45) is 0 Å². The number of likely N-dealkylation sites (N-methyl/N-ethyl adjacent to an activating group) is 1. The first-order chi connectivity index (χ1) is 9.63. The van der Waals surface area contributed by atoms with Gasteiger partial charge in [-0.25, -0.2) is 8.78 Å². The van der Waals surface area contributed by atoms with E-state index < -0.39 is 11.6 Å². The van der Waals surface area contributed by atoms with Gasteiger partial charge in [0, 0.05) is 12.0 Å². The van der Waals surface area contributed by atoms with Crippen molar-refractivity contribution in [3.8, 4) is 0 Å². The first-order valence-corrected chi connectivity index (χ1v) is 6.86. The summed E-state index contributed by atoms with van der Waals surface area (Å²) in [6.07, 6.45) is 0. The van der Waals surface area contributed by atoms with Crippen LogP contribution in [0, 0.1) is 11.6 Å². The van der Waals surface area contributed by atoms with E-state index in [0.29, 0.717) is 0 Å². The van der Waals surface area contributed by atoms with Crippen molar-refractivity contribution < 1.29 is 8.78 Å². The molecule has 0 aliphatic rings. The molecule has 106 valence electrons. The summed E-state index contributed by atoms with van der Waals surface area (Å²) >= 11 is 0. The van der Waals surface area contributed by atoms with E-state index in [9.17, 15) is 8.78 Å². The van der Waals surface area contributed by atoms with Crippen molar-refractivity contribution in [3.63, 3.8) is 0 Å². The summed E-state index contributed by atoms with van der Waals surface area (Å²) < 4.78 is 26.5. The van der Waals surface area contributed by atoms with Gasteiger partial charge in [0.1, 0.15) is 0 Å². The molecule has 0 bridgehead atoms. The van der Waals surface area contributed by atoms with Gasteiger partial charge in [0.25, 0.3) is 0 Å². The molecule has 3 heteroatoms. The molecule has 0 saturated heterocycles. The van der Waals surface area contributed by atoms with Gasteiger partial charge < -0.3 is 5.32 Å². The zero-order valence-electron chi connectivity index (χ0n) is 11.7. The average Bonchev–Trinajstić information content (AvgIpc) is 2.48. The minimum absolute atomic E-state index is 0.0440. The number of halogens is 2. The topological polar surface area (TPSA) is 12.0 Å². The van der Waals surface area contributed by atoms with Crippen LogP contribution in [-0.2, 0) is 0 Å². The van der Waals surface area contributed by atoms with Crippen LogP contribution in [0.1, 0.15) is 36.9 Å². The summed E-state index contributed by atoms with van der Waals surface area (Å²) in [4.78, 5) is 0. The van der Waals surface area contributed by atoms with Gasteiger partial charge in [-0.15, -0.1) is 0 Å². The van der Waals surface area contributed by atoms with Crippen molar-refractivity contribution >= 4 is 0 Å². The quantitative estimate of drug-likeness (QED) is 0.851. The highest BCUT2D eigenvalue weighted by Crippen LogP contribution is 2.31. The molecule has 0 spiro atoms. The molecule has 2 rings (SSSR count). The van der Waals surface area contributed by atoms with Gasteiger partial charge >= 0.3 is 0 Å². The summed E-state index contributed by atoms with van der Waals surface area (Å²) in [5.41, 5.74) is 1.94. The molecule has 0 fully saturated rings. The Labute approximate surface area is 118 Å². The molecule has 0 aliphatic heterocycles. The predicted octanol–water partition coefficient (Wildman–Crippen LogP) is 4.42. The number of rotatable bonds is 5. The fourth-order valence-electron chi connectivity index (χ4n) is 2.46. The molecule has 20 heavy (non-hydrogen) atoms. The van der Waals surface area contributed by atoms with Crippen molar-refractivity contribution in [1.82, 2.24) is 5.32 Å². The molecule has 0 aliphatic carbocycles. The third-order valence-electron chi connectivity index (χ3n) is 3.55. The van der Waals surface area contributed by atoms with E-state index >= 15 is 0 Å². The largest absolute Gasteiger partial charge is 0.310 e. The molecular formula is C17H19F2N. The van der Waals surface area contributed by atoms with E-state index in [0.717, 1.165) is 12.1 Å². The Morgan fingerprint density at radius 2 is 1.65 bits per heavy atom. The Hall–Kier alpha value is -1.74. The van der Waals surface area contributed by atoms with Gasteiger partial charge in [0.15, 0.2) is 11.6 Å². The van der Waals surface area contributed by atoms with Gasteiger partial charge in [-0.2, -0.15) is 0 Å². The van der Waals surface area contributed by atoms with Crippen molar-refractivity contribution in [2.75, 3.05) is 6.54 Å². The Morgan fingerprint density at radius 1 is 0.950 bits per heavy atom. The lowest BCUT2D eigenvalue weighted by molar-refractivity contribution is 0.466. The maximum Gasteiger partial charge on any atom is 0.159 e. The SMILES string of the molecule is CCNC(c1ccc(F)c(F)c1)C(C)c1ccccc1. The molecule has 2 aromatic carbocycles. The monoisotopic (exact) mass is 275 g/mol. The molecule has 0 radical (unpaired) electrons. The van der Waals surface area contributed by atoms with Crippen molar-refractivity contribution in [2.45, 2.75) is 25.8 Å². The highest BCUT2D eigenvalue weighted by atomic mass is 19.2. The van der Waals surface area contributed by atoms with Crippen LogP contribution in [0.25, 0.3) is 0 Å². The second-order valence-corrected chi connectivity index (χ2v) is 4.91. The van der Waals surface area contributed by atoms with Crippen LogP contribution in [0.4, 0.5) is 8.78 Å². The lowest BCUT2D eigenvalue weighted by Gasteiger charge is -2.26. The summed E-state index contributed by atoms with van der Waals surface area (Å²) in [5.74, 6) is -1.44. The lowest BCUT2D eigenvalue weighted by Crippen LogP contribution is -2.26. The Balaban J connectivity index is 2.33. The lowest BCUT2D eigenvalue weighted by atomic mass is 9.88. The second kappa shape index (κ2) is 6.62. The van der Waals surface area contributed by atoms with Crippen LogP contribution >= 0.6 is 0 Å². The summed E-state index contributed by atoms with van der Waals surface area (Å²) in [5, 5.41) is 3.35. The molecule has 0 saturated carbocycles. The van der Waals surface area contributed by atoms with E-state index in [1.807, 2.05) is 25.1 Å². The molecule has 0 aromatic heterocycles. The van der Waals surface area contributed by atoms with Gasteiger partial charge in [-0.05, 0) is 29.8 Å². The molecule has 0 heterocycles. The normalized spacial score (nSPS) is 14.0. The Morgan fingerprint density at radius 3 is 2.25 bits per heavy atom. The molecule has 2 atom stereocenters. The van der Waals surface area contributed by atoms with Crippen molar-refractivity contribution in [1.29, 1.82) is 0 Å². The predicted molar refractivity (Wildman–Crippen MR) is 77.6 cm³/mol. The average molecular weight is 275 g/mol. The number of hydrogen-bond acceptors (Lipinski definition) is 1. The van der Waals surface area contributed by atoms with Crippen LogP contribution in [-0.4, -0.2) is 6.54 Å². The van der Waals surface area contributed by atoms with E-state index in [1.165, 1.54) is 17.7 Å². The number of hydrogen-bond donors (Lipinski definition) is 1. The van der Waals surface area contributed by atoms with Gasteiger partial charge in [0.05, 0.1) is 0 Å². The van der Waals surface area contributed by atoms with Crippen LogP contribution in [0.5, 0.6) is 0 Å². The fourth-order valence-corrected chi connectivity index (χ4v) is 2.46. The van der Waals surface area contributed by atoms with Crippen molar-refractivity contribution in [3.05, 3.63) is 71.3 Å². The number of benzene rings is 2. The molecular weight excluding hydrogens is 256 g/mol. The van der Waals surface area contributed by atoms with Crippen LogP contribution in [0.2, 0.25) is 0 Å². The zero-order chi connectivity index (χ0) is 14.5. The maximum absolute atomic E-state index is 13.4. The molecule has 1 N–H and O–H groups in total. The fraction of sp³-hybridized carbons (Fsp3) is 0.294. The van der Waals surface area contributed by atoms with Gasteiger partial charge in [-0.1, -0.05) is 50.2 Å². The molecule has 2 unspecified atom stereocenters. The second-order valence-electron chi connectivity index (χ2n) is 4.91. The minimum atomic E-state index is -0.809. The van der Waals surface area contributed by atoms with Gasteiger partial charge in [0.2, 0.25) is 0 Å². The zero-order valence-corrected chi connectivity index (χ0v) is 11.7. The van der Waals surface area contributed by atoms with E-state index in [4.69, 9.17) is 0 Å². The molecule has 0 amide bonds. The third-order valence-corrected chi connectivity index (χ3v) is 3.55. The highest BCUT2D eigenvalue weighted by molar-refractivity contribution is 5.28. The summed E-state index contributed by atoms with van der Waals surface area (Å²) in [6, 6.07) is 14.1. The summed E-state index contributed by atoms with van der Waals surface area (Å²) in [6.45, 7) is 4.86.